The normalized spacial score (nSPS) is 11.0. The molecular weight excluding hydrogens is 398 g/mol. The third-order valence-electron chi connectivity index (χ3n) is 3.37. The summed E-state index contributed by atoms with van der Waals surface area (Å²) in [6, 6.07) is 13.5. The molecule has 1 heterocycles. The molecule has 5 heteroatoms. The van der Waals surface area contributed by atoms with E-state index in [1.807, 2.05) is 47.0 Å². The number of rotatable bonds is 3. The minimum absolute atomic E-state index is 0.330. The monoisotopic (exact) mass is 407 g/mol. The number of benzene rings is 2. The van der Waals surface area contributed by atoms with Gasteiger partial charge in [-0.2, -0.15) is 0 Å². The lowest BCUT2D eigenvalue weighted by Gasteiger charge is -2.08. The van der Waals surface area contributed by atoms with Crippen LogP contribution in [0.3, 0.4) is 0 Å². The van der Waals surface area contributed by atoms with Crippen LogP contribution >= 0.6 is 31.9 Å². The Labute approximate surface area is 138 Å². The molecule has 0 fully saturated rings. The first-order valence-electron chi connectivity index (χ1n) is 6.31. The van der Waals surface area contributed by atoms with E-state index in [1.54, 1.807) is 6.20 Å². The summed E-state index contributed by atoms with van der Waals surface area (Å²) in [7, 11) is 0. The number of carbonyl (C=O) groups is 1. The molecule has 2 aromatic carbocycles. The Hall–Kier alpha value is -1.59. The highest BCUT2D eigenvalue weighted by atomic mass is 79.9. The van der Waals surface area contributed by atoms with Crippen LogP contribution in [0.2, 0.25) is 0 Å². The molecule has 1 N–H and O–H groups in total. The predicted octanol–water partition coefficient (Wildman–Crippen LogP) is 4.91. The molecule has 0 amide bonds. The van der Waals surface area contributed by atoms with Crippen molar-refractivity contribution in [3.63, 3.8) is 0 Å². The van der Waals surface area contributed by atoms with Crippen molar-refractivity contribution in [2.75, 3.05) is 0 Å². The summed E-state index contributed by atoms with van der Waals surface area (Å²) >= 11 is 7.00. The Morgan fingerprint density at radius 1 is 1.14 bits per heavy atom. The van der Waals surface area contributed by atoms with E-state index >= 15 is 0 Å². The standard InChI is InChI=1S/C16H11Br2NO2/c17-11-5-6-14(18)10(7-11)8-19-9-13(16(20)21)12-3-1-2-4-15(12)19/h1-7,9H,8H2,(H,20,21). The Morgan fingerprint density at radius 2 is 1.90 bits per heavy atom. The topological polar surface area (TPSA) is 42.2 Å². The number of nitrogens with zero attached hydrogens (tertiary/aromatic N) is 1. The smallest absolute Gasteiger partial charge is 0.337 e. The maximum atomic E-state index is 11.4. The number of carboxylic acid groups (broad SMARTS) is 1. The number of carboxylic acids is 1. The summed E-state index contributed by atoms with van der Waals surface area (Å²) < 4.78 is 3.96. The molecule has 0 radical (unpaired) electrons. The zero-order chi connectivity index (χ0) is 15.0. The Balaban J connectivity index is 2.13. The molecule has 3 aromatic rings. The quantitative estimate of drug-likeness (QED) is 0.668. The van der Waals surface area contributed by atoms with E-state index in [0.29, 0.717) is 12.1 Å². The van der Waals surface area contributed by atoms with Gasteiger partial charge in [0.2, 0.25) is 0 Å². The van der Waals surface area contributed by atoms with Crippen LogP contribution in [-0.2, 0) is 6.54 Å². The third kappa shape index (κ3) is 2.76. The highest BCUT2D eigenvalue weighted by Crippen LogP contribution is 2.26. The first-order valence-corrected chi connectivity index (χ1v) is 7.90. The first-order chi connectivity index (χ1) is 10.1. The molecular formula is C16H11Br2NO2. The molecule has 21 heavy (non-hydrogen) atoms. The van der Waals surface area contributed by atoms with Crippen molar-refractivity contribution in [2.45, 2.75) is 6.54 Å². The summed E-state index contributed by atoms with van der Waals surface area (Å²) in [5.41, 5.74) is 2.33. The van der Waals surface area contributed by atoms with Crippen LogP contribution in [0, 0.1) is 0 Å². The highest BCUT2D eigenvalue weighted by Gasteiger charge is 2.14. The van der Waals surface area contributed by atoms with Gasteiger partial charge in [0.1, 0.15) is 0 Å². The number of aromatic nitrogens is 1. The average molecular weight is 409 g/mol. The van der Waals surface area contributed by atoms with Crippen LogP contribution in [-0.4, -0.2) is 15.6 Å². The second-order valence-corrected chi connectivity index (χ2v) is 6.50. The first kappa shape index (κ1) is 14.4. The van der Waals surface area contributed by atoms with Gasteiger partial charge in [-0.15, -0.1) is 0 Å². The molecule has 1 aromatic heterocycles. The number of halogens is 2. The van der Waals surface area contributed by atoms with Crippen molar-refractivity contribution in [3.05, 3.63) is 68.7 Å². The molecule has 3 nitrogen and oxygen atoms in total. The highest BCUT2D eigenvalue weighted by molar-refractivity contribution is 9.11. The minimum atomic E-state index is -0.904. The third-order valence-corrected chi connectivity index (χ3v) is 4.63. The predicted molar refractivity (Wildman–Crippen MR) is 89.8 cm³/mol. The van der Waals surface area contributed by atoms with Gasteiger partial charge in [0.25, 0.3) is 0 Å². The molecule has 0 saturated carbocycles. The number of aromatic carboxylic acids is 1. The lowest BCUT2D eigenvalue weighted by atomic mass is 10.2. The molecule has 0 aliphatic carbocycles. The van der Waals surface area contributed by atoms with Gasteiger partial charge in [-0.3, -0.25) is 0 Å². The molecule has 0 aliphatic heterocycles. The summed E-state index contributed by atoms with van der Waals surface area (Å²) in [5.74, 6) is -0.904. The molecule has 0 aliphatic rings. The van der Waals surface area contributed by atoms with Gasteiger partial charge < -0.3 is 9.67 Å². The molecule has 0 bridgehead atoms. The van der Waals surface area contributed by atoms with E-state index in [0.717, 1.165) is 25.4 Å². The van der Waals surface area contributed by atoms with E-state index < -0.39 is 5.97 Å². The SMILES string of the molecule is O=C(O)c1cn(Cc2cc(Br)ccc2Br)c2ccccc12. The van der Waals surface area contributed by atoms with Gasteiger partial charge in [0, 0.05) is 32.6 Å². The van der Waals surface area contributed by atoms with Crippen LogP contribution < -0.4 is 0 Å². The lowest BCUT2D eigenvalue weighted by Crippen LogP contribution is -1.99. The molecule has 0 unspecified atom stereocenters. The average Bonchev–Trinajstić information content (AvgIpc) is 2.82. The fourth-order valence-corrected chi connectivity index (χ4v) is 3.18. The number of para-hydroxylation sites is 1. The van der Waals surface area contributed by atoms with Crippen LogP contribution in [0.1, 0.15) is 15.9 Å². The molecule has 0 saturated heterocycles. The maximum absolute atomic E-state index is 11.4. The van der Waals surface area contributed by atoms with Crippen LogP contribution in [0.5, 0.6) is 0 Å². The van der Waals surface area contributed by atoms with E-state index in [4.69, 9.17) is 0 Å². The fourth-order valence-electron chi connectivity index (χ4n) is 2.40. The molecule has 0 spiro atoms. The second-order valence-electron chi connectivity index (χ2n) is 4.73. The summed E-state index contributed by atoms with van der Waals surface area (Å²) in [5, 5.41) is 10.1. The van der Waals surface area contributed by atoms with Crippen LogP contribution in [0.15, 0.2) is 57.6 Å². The molecule has 106 valence electrons. The van der Waals surface area contributed by atoms with Crippen molar-refractivity contribution in [3.8, 4) is 0 Å². The van der Waals surface area contributed by atoms with Crippen LogP contribution in [0.25, 0.3) is 10.9 Å². The Morgan fingerprint density at radius 3 is 2.67 bits per heavy atom. The molecule has 0 atom stereocenters. The summed E-state index contributed by atoms with van der Waals surface area (Å²) in [6.07, 6.45) is 1.69. The zero-order valence-corrected chi connectivity index (χ0v) is 14.1. The second kappa shape index (κ2) is 5.66. The van der Waals surface area contributed by atoms with Gasteiger partial charge in [-0.1, -0.05) is 50.1 Å². The van der Waals surface area contributed by atoms with Crippen LogP contribution in [0.4, 0.5) is 0 Å². The van der Waals surface area contributed by atoms with Gasteiger partial charge >= 0.3 is 5.97 Å². The lowest BCUT2D eigenvalue weighted by molar-refractivity contribution is 0.0699. The van der Waals surface area contributed by atoms with Gasteiger partial charge in [-0.05, 0) is 29.8 Å². The largest absolute Gasteiger partial charge is 0.478 e. The van der Waals surface area contributed by atoms with Crippen molar-refractivity contribution in [1.29, 1.82) is 0 Å². The van der Waals surface area contributed by atoms with E-state index in [2.05, 4.69) is 31.9 Å². The van der Waals surface area contributed by atoms with Crippen molar-refractivity contribution >= 4 is 48.7 Å². The molecule has 3 rings (SSSR count). The Kier molecular flexibility index (Phi) is 3.87. The number of hydrogen-bond donors (Lipinski definition) is 1. The number of fused-ring (bicyclic) bond motifs is 1. The Bertz CT molecular complexity index is 839. The maximum Gasteiger partial charge on any atom is 0.337 e. The van der Waals surface area contributed by atoms with E-state index in [-0.39, 0.29) is 0 Å². The van der Waals surface area contributed by atoms with Crippen molar-refractivity contribution in [1.82, 2.24) is 4.57 Å². The van der Waals surface area contributed by atoms with Gasteiger partial charge in [0.15, 0.2) is 0 Å². The summed E-state index contributed by atoms with van der Waals surface area (Å²) in [6.45, 7) is 0.605. The van der Waals surface area contributed by atoms with E-state index in [1.165, 1.54) is 0 Å². The van der Waals surface area contributed by atoms with Crippen molar-refractivity contribution < 1.29 is 9.90 Å². The summed E-state index contributed by atoms with van der Waals surface area (Å²) in [4.78, 5) is 11.4. The van der Waals surface area contributed by atoms with Crippen molar-refractivity contribution in [2.24, 2.45) is 0 Å². The van der Waals surface area contributed by atoms with Gasteiger partial charge in [-0.25, -0.2) is 4.79 Å². The van der Waals surface area contributed by atoms with Gasteiger partial charge in [0.05, 0.1) is 5.56 Å². The van der Waals surface area contributed by atoms with E-state index in [9.17, 15) is 9.90 Å². The number of hydrogen-bond acceptors (Lipinski definition) is 1. The zero-order valence-electron chi connectivity index (χ0n) is 10.9. The minimum Gasteiger partial charge on any atom is -0.478 e. The fraction of sp³-hybridized carbons (Fsp3) is 0.0625.